The number of aliphatic imine (C=N–C) groups is 1. The second kappa shape index (κ2) is 14.3. The highest BCUT2D eigenvalue weighted by Crippen LogP contribution is 2.27. The Morgan fingerprint density at radius 2 is 1.94 bits per heavy atom. The van der Waals surface area contributed by atoms with Crippen LogP contribution >= 0.6 is 11.6 Å². The third-order valence-electron chi connectivity index (χ3n) is 4.90. The van der Waals surface area contributed by atoms with Crippen LogP contribution in [0.2, 0.25) is 5.02 Å². The maximum atomic E-state index is 13.6. The topological polar surface area (TPSA) is 82.0 Å². The van der Waals surface area contributed by atoms with Gasteiger partial charge in [-0.1, -0.05) is 23.7 Å². The lowest BCUT2D eigenvalue weighted by molar-refractivity contribution is -0.0987. The summed E-state index contributed by atoms with van der Waals surface area (Å²) in [5.74, 6) is 0.0706. The lowest BCUT2D eigenvalue weighted by Crippen LogP contribution is -2.31. The van der Waals surface area contributed by atoms with E-state index in [9.17, 15) is 13.9 Å². The van der Waals surface area contributed by atoms with Gasteiger partial charge in [-0.25, -0.2) is 8.78 Å². The predicted octanol–water partition coefficient (Wildman–Crippen LogP) is 4.42. The summed E-state index contributed by atoms with van der Waals surface area (Å²) < 4.78 is 27.0. The lowest BCUT2D eigenvalue weighted by Gasteiger charge is -2.27. The van der Waals surface area contributed by atoms with Crippen molar-refractivity contribution in [1.82, 2.24) is 0 Å². The maximum Gasteiger partial charge on any atom is 0.141 e. The van der Waals surface area contributed by atoms with E-state index in [0.717, 1.165) is 37.1 Å². The van der Waals surface area contributed by atoms with Crippen molar-refractivity contribution in [2.24, 2.45) is 4.99 Å². The minimum absolute atomic E-state index is 0.0208. The molecule has 1 saturated heterocycles. The molecule has 1 heterocycles. The van der Waals surface area contributed by atoms with Gasteiger partial charge in [0, 0.05) is 42.6 Å². The molecule has 2 N–H and O–H groups in total. The molecule has 0 bridgehead atoms. The average Bonchev–Trinajstić information content (AvgIpc) is 3.06. The number of hydrogen-bond acceptors (Lipinski definition) is 5. The normalized spacial score (nSPS) is 16.1. The van der Waals surface area contributed by atoms with Crippen LogP contribution in [0.3, 0.4) is 0 Å². The quantitative estimate of drug-likeness (QED) is 0.514. The van der Waals surface area contributed by atoms with Gasteiger partial charge in [-0.05, 0) is 43.5 Å². The molecule has 1 aliphatic rings. The van der Waals surface area contributed by atoms with Crippen molar-refractivity contribution in [3.8, 4) is 0 Å². The summed E-state index contributed by atoms with van der Waals surface area (Å²) in [7, 11) is 1.64. The van der Waals surface area contributed by atoms with Gasteiger partial charge in [-0.15, -0.1) is 0 Å². The Morgan fingerprint density at radius 3 is 2.56 bits per heavy atom. The van der Waals surface area contributed by atoms with E-state index in [1.54, 1.807) is 25.2 Å². The highest BCUT2D eigenvalue weighted by molar-refractivity contribution is 6.31. The van der Waals surface area contributed by atoms with Gasteiger partial charge in [-0.3, -0.25) is 4.99 Å². The molecule has 174 valence electrons. The highest BCUT2D eigenvalue weighted by atomic mass is 35.5. The van der Waals surface area contributed by atoms with Gasteiger partial charge < -0.3 is 24.9 Å². The summed E-state index contributed by atoms with van der Waals surface area (Å²) in [5, 5.41) is 13.3. The Hall–Kier alpha value is -2.84. The van der Waals surface area contributed by atoms with E-state index in [0.29, 0.717) is 23.6 Å². The van der Waals surface area contributed by atoms with Gasteiger partial charge in [-0.2, -0.15) is 0 Å². The molecule has 2 aromatic carbocycles. The van der Waals surface area contributed by atoms with Crippen molar-refractivity contribution >= 4 is 42.4 Å². The van der Waals surface area contributed by atoms with Gasteiger partial charge >= 0.3 is 0 Å². The van der Waals surface area contributed by atoms with Crippen molar-refractivity contribution in [1.29, 1.82) is 0 Å². The molecule has 9 heteroatoms. The monoisotopic (exact) mass is 467 g/mol. The molecular formula is C23H28ClF2N3O3. The SMILES string of the molecule is C=O.C=O.CN=C(Nc1ccc(F)c(Cl)c1)c1ccc(CF)c(N2CCCCC(O)C2)c1. The summed E-state index contributed by atoms with van der Waals surface area (Å²) in [5.41, 5.74) is 2.72. The lowest BCUT2D eigenvalue weighted by atomic mass is 10.1. The molecule has 0 amide bonds. The number of β-amino-alcohol motifs (C(OH)–C–C–N with tert-alkyl or cyclic N) is 1. The van der Waals surface area contributed by atoms with Crippen LogP contribution in [0.25, 0.3) is 0 Å². The van der Waals surface area contributed by atoms with Crippen molar-refractivity contribution in [3.63, 3.8) is 0 Å². The third kappa shape index (κ3) is 7.39. The Kier molecular flexibility index (Phi) is 12.1. The maximum absolute atomic E-state index is 13.6. The zero-order chi connectivity index (χ0) is 24.1. The van der Waals surface area contributed by atoms with Crippen molar-refractivity contribution in [2.75, 3.05) is 30.4 Å². The molecule has 32 heavy (non-hydrogen) atoms. The van der Waals surface area contributed by atoms with Crippen molar-refractivity contribution in [3.05, 3.63) is 58.4 Å². The fraction of sp³-hybridized carbons (Fsp3) is 0.348. The molecule has 6 nitrogen and oxygen atoms in total. The Morgan fingerprint density at radius 1 is 1.22 bits per heavy atom. The largest absolute Gasteiger partial charge is 0.391 e. The van der Waals surface area contributed by atoms with Crippen LogP contribution in [0, 0.1) is 5.82 Å². The molecule has 1 aliphatic heterocycles. The fourth-order valence-corrected chi connectivity index (χ4v) is 3.61. The second-order valence-electron chi connectivity index (χ2n) is 6.90. The number of aliphatic hydroxyl groups excluding tert-OH is 1. The molecule has 1 unspecified atom stereocenters. The van der Waals surface area contributed by atoms with Gasteiger partial charge in [0.15, 0.2) is 0 Å². The van der Waals surface area contributed by atoms with E-state index in [1.807, 2.05) is 24.5 Å². The van der Waals surface area contributed by atoms with E-state index < -0.39 is 18.6 Å². The summed E-state index contributed by atoms with van der Waals surface area (Å²) in [6.07, 6.45) is 2.25. The van der Waals surface area contributed by atoms with Crippen LogP contribution in [-0.2, 0) is 16.3 Å². The molecule has 0 radical (unpaired) electrons. The van der Waals surface area contributed by atoms with Gasteiger partial charge in [0.1, 0.15) is 31.9 Å². The number of rotatable bonds is 4. The zero-order valence-electron chi connectivity index (χ0n) is 18.0. The van der Waals surface area contributed by atoms with Crippen molar-refractivity contribution < 1.29 is 23.5 Å². The van der Waals surface area contributed by atoms with E-state index in [1.165, 1.54) is 12.1 Å². The second-order valence-corrected chi connectivity index (χ2v) is 7.31. The number of nitrogens with zero attached hydrogens (tertiary/aromatic N) is 2. The fourth-order valence-electron chi connectivity index (χ4n) is 3.42. The Labute approximate surface area is 191 Å². The molecule has 0 spiro atoms. The van der Waals surface area contributed by atoms with Crippen LogP contribution < -0.4 is 10.2 Å². The van der Waals surface area contributed by atoms with Gasteiger partial charge in [0.05, 0.1) is 11.1 Å². The summed E-state index contributed by atoms with van der Waals surface area (Å²) >= 11 is 5.86. The molecule has 3 rings (SSSR count). The molecular weight excluding hydrogens is 440 g/mol. The number of benzene rings is 2. The van der Waals surface area contributed by atoms with Crippen LogP contribution in [0.15, 0.2) is 41.4 Å². The number of nitrogens with one attached hydrogen (secondary N) is 1. The summed E-state index contributed by atoms with van der Waals surface area (Å²) in [4.78, 5) is 22.3. The minimum atomic E-state index is -0.582. The van der Waals surface area contributed by atoms with Crippen LogP contribution in [-0.4, -0.2) is 50.8 Å². The first-order valence-corrected chi connectivity index (χ1v) is 10.3. The van der Waals surface area contributed by atoms with Gasteiger partial charge in [0.2, 0.25) is 0 Å². The Balaban J connectivity index is 0.00000121. The summed E-state index contributed by atoms with van der Waals surface area (Å²) in [6.45, 7) is 4.67. The highest BCUT2D eigenvalue weighted by Gasteiger charge is 2.20. The zero-order valence-corrected chi connectivity index (χ0v) is 18.7. The molecule has 2 aromatic rings. The van der Waals surface area contributed by atoms with E-state index in [4.69, 9.17) is 21.2 Å². The third-order valence-corrected chi connectivity index (χ3v) is 5.19. The molecule has 1 fully saturated rings. The number of carbonyl (C=O) groups is 2. The van der Waals surface area contributed by atoms with Crippen LogP contribution in [0.1, 0.15) is 30.4 Å². The standard InChI is InChI=1S/C21H24ClF2N3O.2CH2O/c1-25-21(26-16-7-8-19(24)18(22)11-16)14-5-6-15(12-23)20(10-14)27-9-3-2-4-17(28)13-27;2*1-2/h5-8,10-11,17,28H,2-4,9,12-13H2,1H3,(H,25,26);2*1H2. The number of anilines is 2. The minimum Gasteiger partial charge on any atom is -0.391 e. The molecule has 0 saturated carbocycles. The average molecular weight is 468 g/mol. The van der Waals surface area contributed by atoms with E-state index in [2.05, 4.69) is 10.3 Å². The number of aliphatic hydroxyl groups is 1. The number of alkyl halides is 1. The first-order valence-electron chi connectivity index (χ1n) is 9.90. The number of halogens is 3. The number of carbonyl (C=O) groups excluding carboxylic acids is 2. The molecule has 0 aromatic heterocycles. The van der Waals surface area contributed by atoms with Gasteiger partial charge in [0.25, 0.3) is 0 Å². The first kappa shape index (κ1) is 27.2. The number of amidine groups is 1. The first-order chi connectivity index (χ1) is 15.5. The summed E-state index contributed by atoms with van der Waals surface area (Å²) in [6, 6.07) is 9.78. The van der Waals surface area contributed by atoms with E-state index in [-0.39, 0.29) is 5.02 Å². The smallest absolute Gasteiger partial charge is 0.141 e. The van der Waals surface area contributed by atoms with Crippen molar-refractivity contribution in [2.45, 2.75) is 32.0 Å². The van der Waals surface area contributed by atoms with Crippen LogP contribution in [0.5, 0.6) is 0 Å². The molecule has 0 aliphatic carbocycles. The molecule has 1 atom stereocenters. The number of hydrogen-bond donors (Lipinski definition) is 2. The predicted molar refractivity (Wildman–Crippen MR) is 125 cm³/mol. The Bertz CT molecular complexity index is 897. The van der Waals surface area contributed by atoms with E-state index >= 15 is 0 Å². The van der Waals surface area contributed by atoms with Crippen LogP contribution in [0.4, 0.5) is 20.2 Å².